The summed E-state index contributed by atoms with van der Waals surface area (Å²) < 4.78 is 27.4. The number of ether oxygens (including phenoxy) is 4. The predicted molar refractivity (Wildman–Crippen MR) is 329 cm³/mol. The lowest BCUT2D eigenvalue weighted by Crippen LogP contribution is -2.62. The summed E-state index contributed by atoms with van der Waals surface area (Å²) in [5.74, 6) is 2.92. The summed E-state index contributed by atoms with van der Waals surface area (Å²) in [6, 6.07) is 12.4. The highest BCUT2D eigenvalue weighted by molar-refractivity contribution is 5.88. The van der Waals surface area contributed by atoms with E-state index in [2.05, 4.69) is 125 Å². The monoisotopic (exact) mass is 1140 g/mol. The van der Waals surface area contributed by atoms with Crippen LogP contribution in [0.15, 0.2) is 55.6 Å². The smallest absolute Gasteiger partial charge is 0.259 e. The van der Waals surface area contributed by atoms with Crippen LogP contribution in [0.4, 0.5) is 28.4 Å². The minimum Gasteiger partial charge on any atom is -0.484 e. The molecule has 10 aliphatic rings. The molecule has 446 valence electrons. The molecular formula is C66H86N12O6. The molecule has 18 heteroatoms. The zero-order valence-electron chi connectivity index (χ0n) is 50.5. The minimum atomic E-state index is -0.0333. The summed E-state index contributed by atoms with van der Waals surface area (Å²) in [5.41, 5.74) is 16.5. The Morgan fingerprint density at radius 2 is 1.23 bits per heavy atom. The van der Waals surface area contributed by atoms with E-state index in [0.29, 0.717) is 89.4 Å². The topological polar surface area (TPSA) is 129 Å². The molecule has 0 bridgehead atoms. The van der Waals surface area contributed by atoms with Crippen LogP contribution in [0.3, 0.4) is 0 Å². The van der Waals surface area contributed by atoms with E-state index < -0.39 is 0 Å². The van der Waals surface area contributed by atoms with Crippen LogP contribution in [-0.2, 0) is 54.9 Å². The molecule has 4 fully saturated rings. The van der Waals surface area contributed by atoms with Crippen molar-refractivity contribution in [3.8, 4) is 23.3 Å². The van der Waals surface area contributed by atoms with Gasteiger partial charge in [-0.05, 0) is 151 Å². The SMILES string of the molecule is C=CC(=O)N1C[C@@H]2COc3c(OC[C@@H]4CCCN4C)nc4c(c3N2C[C@H]1C)CCN(c1cc(C2C[C@@H](COc3nc5c(c6c3OC[C@H]3CN(C(=O)C=C)[C@H](C)CN63)CCN(c3cccc6c3CCCN6C)C5)N(C)C2)cc2c1CCN(C)C2)C4. The molecule has 2 aromatic heterocycles. The van der Waals surface area contributed by atoms with E-state index in [1.165, 1.54) is 69.0 Å². The number of rotatable bonds is 11. The Bertz CT molecular complexity index is 3260. The van der Waals surface area contributed by atoms with Gasteiger partial charge >= 0.3 is 0 Å². The van der Waals surface area contributed by atoms with Crippen molar-refractivity contribution in [2.24, 2.45) is 0 Å². The van der Waals surface area contributed by atoms with Gasteiger partial charge in [0, 0.05) is 125 Å². The van der Waals surface area contributed by atoms with E-state index in [0.717, 1.165) is 125 Å². The third kappa shape index (κ3) is 9.75. The van der Waals surface area contributed by atoms with Crippen molar-refractivity contribution in [1.29, 1.82) is 0 Å². The summed E-state index contributed by atoms with van der Waals surface area (Å²) in [4.78, 5) is 60.8. The van der Waals surface area contributed by atoms with Gasteiger partial charge in [0.2, 0.25) is 23.3 Å². The summed E-state index contributed by atoms with van der Waals surface area (Å²) >= 11 is 0. The molecule has 0 saturated carbocycles. The number of aromatic nitrogens is 2. The van der Waals surface area contributed by atoms with Gasteiger partial charge in [0.05, 0.1) is 47.9 Å². The Labute approximate surface area is 496 Å². The molecule has 0 N–H and O–H groups in total. The summed E-state index contributed by atoms with van der Waals surface area (Å²) in [6.07, 6.45) is 11.0. The summed E-state index contributed by atoms with van der Waals surface area (Å²) in [5, 5.41) is 0. The van der Waals surface area contributed by atoms with Crippen LogP contribution >= 0.6 is 0 Å². The summed E-state index contributed by atoms with van der Waals surface area (Å²) in [6.45, 7) is 24.6. The zero-order chi connectivity index (χ0) is 57.7. The fourth-order valence-corrected chi connectivity index (χ4v) is 16.1. The molecule has 10 aliphatic heterocycles. The number of carbonyl (C=O) groups is 2. The van der Waals surface area contributed by atoms with Crippen LogP contribution in [0.2, 0.25) is 0 Å². The summed E-state index contributed by atoms with van der Waals surface area (Å²) in [7, 11) is 8.90. The van der Waals surface area contributed by atoms with E-state index in [-0.39, 0.29) is 42.0 Å². The molecule has 84 heavy (non-hydrogen) atoms. The van der Waals surface area contributed by atoms with Crippen molar-refractivity contribution in [3.63, 3.8) is 0 Å². The minimum absolute atomic E-state index is 0.00706. The molecule has 18 nitrogen and oxygen atoms in total. The van der Waals surface area contributed by atoms with E-state index in [9.17, 15) is 9.59 Å². The number of pyridine rings is 2. The van der Waals surface area contributed by atoms with E-state index in [1.54, 1.807) is 0 Å². The molecule has 1 unspecified atom stereocenters. The largest absolute Gasteiger partial charge is 0.484 e. The van der Waals surface area contributed by atoms with E-state index in [1.807, 2.05) is 9.80 Å². The number of hydrogen-bond acceptors (Lipinski definition) is 16. The normalized spacial score (nSPS) is 26.6. The van der Waals surface area contributed by atoms with Crippen LogP contribution in [0.5, 0.6) is 23.3 Å². The van der Waals surface area contributed by atoms with Crippen molar-refractivity contribution in [3.05, 3.63) is 100 Å². The predicted octanol–water partition coefficient (Wildman–Crippen LogP) is 6.28. The first-order chi connectivity index (χ1) is 40.8. The Morgan fingerprint density at radius 3 is 1.83 bits per heavy atom. The van der Waals surface area contributed by atoms with Crippen LogP contribution in [0, 0.1) is 0 Å². The zero-order valence-corrected chi connectivity index (χ0v) is 50.5. The van der Waals surface area contributed by atoms with Gasteiger partial charge in [-0.2, -0.15) is 0 Å². The maximum atomic E-state index is 13.1. The molecule has 7 atom stereocenters. The molecule has 0 radical (unpaired) electrons. The highest BCUT2D eigenvalue weighted by atomic mass is 16.5. The number of benzene rings is 2. The van der Waals surface area contributed by atoms with Crippen LogP contribution in [0.25, 0.3) is 0 Å². The standard InChI is InChI=1S/C66H86N12O6/c1-9-59(79)75-33-48-39-81-63-62(78(48)30-42(75)4)52-20-25-74(36-55(52)68-65(63)83-37-46-14-12-21-70(46)6)58-28-43(26-45-31-69(5)23-18-50(45)58)44-27-47(72(8)32-44)38-84-66-64-61(77-29-41(3)76(60(80)10-2)34-49(77)40-82-64)51-19-24-73(35-54(51)67-66)57-17-11-16-56-53(57)15-13-22-71(56)7/h9-11,16-17,26,28,41-42,44,46-49H,1-2,12-15,18-25,27,29-40H2,3-8H3/t41-,42-,44?,46+,47+,48-,49-/m1/s1. The van der Waals surface area contributed by atoms with Gasteiger partial charge < -0.3 is 63.0 Å². The van der Waals surface area contributed by atoms with E-state index in [4.69, 9.17) is 28.9 Å². The van der Waals surface area contributed by atoms with Gasteiger partial charge in [-0.3, -0.25) is 14.5 Å². The van der Waals surface area contributed by atoms with Gasteiger partial charge in [-0.1, -0.05) is 25.3 Å². The Kier molecular flexibility index (Phi) is 14.6. The molecule has 0 aliphatic carbocycles. The lowest BCUT2D eigenvalue weighted by molar-refractivity contribution is -0.130. The fraction of sp³-hybridized carbons (Fsp3) is 0.576. The Morgan fingerprint density at radius 1 is 0.631 bits per heavy atom. The van der Waals surface area contributed by atoms with Crippen LogP contribution in [-0.4, -0.2) is 203 Å². The number of piperazine rings is 2. The number of anilines is 5. The maximum absolute atomic E-state index is 13.1. The quantitative estimate of drug-likeness (QED) is 0.156. The number of nitrogens with zero attached hydrogens (tertiary/aromatic N) is 12. The third-order valence-electron chi connectivity index (χ3n) is 20.8. The van der Waals surface area contributed by atoms with E-state index >= 15 is 0 Å². The van der Waals surface area contributed by atoms with Crippen LogP contribution in [0.1, 0.15) is 90.2 Å². The van der Waals surface area contributed by atoms with Gasteiger partial charge in [0.1, 0.15) is 26.4 Å². The number of fused-ring (bicyclic) bond motifs is 12. The molecule has 2 amide bonds. The van der Waals surface area contributed by atoms with Gasteiger partial charge in [-0.15, -0.1) is 0 Å². The first-order valence-electron chi connectivity index (χ1n) is 31.4. The highest BCUT2D eigenvalue weighted by Gasteiger charge is 2.45. The number of carbonyl (C=O) groups excluding carboxylic acids is 2. The fourth-order valence-electron chi connectivity index (χ4n) is 16.1. The molecule has 12 heterocycles. The Balaban J connectivity index is 0.747. The van der Waals surface area contributed by atoms with Crippen molar-refractivity contribution < 1.29 is 28.5 Å². The number of likely N-dealkylation sites (tertiary alicyclic amines) is 2. The lowest BCUT2D eigenvalue weighted by atomic mass is 9.88. The average Bonchev–Trinajstić information content (AvgIpc) is 1.35. The molecule has 2 aromatic carbocycles. The maximum Gasteiger partial charge on any atom is 0.259 e. The number of hydrogen-bond donors (Lipinski definition) is 0. The molecular weight excluding hydrogens is 1060 g/mol. The molecule has 14 rings (SSSR count). The van der Waals surface area contributed by atoms with Crippen molar-refractivity contribution in [2.75, 3.05) is 145 Å². The molecule has 0 spiro atoms. The van der Waals surface area contributed by atoms with Crippen molar-refractivity contribution in [2.45, 2.75) is 127 Å². The Hall–Kier alpha value is -6.76. The van der Waals surface area contributed by atoms with Crippen molar-refractivity contribution >= 4 is 40.3 Å². The number of likely N-dealkylation sites (N-methyl/N-ethyl adjacent to an activating group) is 3. The first kappa shape index (κ1) is 55.1. The second-order valence-corrected chi connectivity index (χ2v) is 26.1. The van der Waals surface area contributed by atoms with Gasteiger partial charge in [0.15, 0.2) is 0 Å². The molecule has 4 aromatic rings. The second-order valence-electron chi connectivity index (χ2n) is 26.1. The van der Waals surface area contributed by atoms with Gasteiger partial charge in [-0.25, -0.2) is 9.97 Å². The molecule has 4 saturated heterocycles. The lowest BCUT2D eigenvalue weighted by Gasteiger charge is -2.49. The van der Waals surface area contributed by atoms with Crippen LogP contribution < -0.4 is 43.4 Å². The third-order valence-corrected chi connectivity index (χ3v) is 20.8. The highest BCUT2D eigenvalue weighted by Crippen LogP contribution is 2.51. The van der Waals surface area contributed by atoms with Crippen molar-refractivity contribution in [1.82, 2.24) is 34.5 Å². The number of amides is 2. The van der Waals surface area contributed by atoms with Gasteiger partial charge in [0.25, 0.3) is 11.8 Å². The first-order valence-corrected chi connectivity index (χ1v) is 31.4. The average molecular weight is 1140 g/mol. The second kappa shape index (κ2) is 22.3.